The zero-order valence-electron chi connectivity index (χ0n) is 12.9. The first-order valence-electron chi connectivity index (χ1n) is 7.97. The molecule has 5 nitrogen and oxygen atoms in total. The molecule has 0 bridgehead atoms. The van der Waals surface area contributed by atoms with E-state index in [0.29, 0.717) is 13.1 Å². The first-order valence-corrected chi connectivity index (χ1v) is 9.37. The molecule has 1 unspecified atom stereocenters. The van der Waals surface area contributed by atoms with Crippen LogP contribution >= 0.6 is 12.4 Å². The normalized spacial score (nSPS) is 31.9. The van der Waals surface area contributed by atoms with E-state index in [2.05, 4.69) is 5.32 Å². The lowest BCUT2D eigenvalue weighted by atomic mass is 9.87. The zero-order valence-corrected chi connectivity index (χ0v) is 14.5. The van der Waals surface area contributed by atoms with Crippen LogP contribution in [-0.2, 0) is 10.2 Å². The molecular weight excluding hydrogens is 310 g/mol. The van der Waals surface area contributed by atoms with E-state index in [1.807, 2.05) is 0 Å². The molecule has 1 atom stereocenters. The van der Waals surface area contributed by atoms with E-state index in [-0.39, 0.29) is 23.9 Å². The molecular formula is C14H28ClN3O2S. The van der Waals surface area contributed by atoms with Gasteiger partial charge >= 0.3 is 0 Å². The van der Waals surface area contributed by atoms with Gasteiger partial charge in [-0.3, -0.25) is 0 Å². The molecule has 0 radical (unpaired) electrons. The standard InChI is InChI=1S/C14H27N3O2S.ClH/c1-16(13-5-3-2-4-6-13)20(18,19)17-10-8-14(12-17)7-9-15-11-14;/h13,15H,2-12H2,1H3;1H. The summed E-state index contributed by atoms with van der Waals surface area (Å²) in [5.41, 5.74) is 0.209. The fraction of sp³-hybridized carbons (Fsp3) is 1.00. The molecule has 124 valence electrons. The lowest BCUT2D eigenvalue weighted by Gasteiger charge is -2.33. The Morgan fingerprint density at radius 2 is 1.90 bits per heavy atom. The predicted octanol–water partition coefficient (Wildman–Crippen LogP) is 1.60. The van der Waals surface area contributed by atoms with E-state index in [0.717, 1.165) is 38.8 Å². The highest BCUT2D eigenvalue weighted by Gasteiger charge is 2.45. The minimum Gasteiger partial charge on any atom is -0.316 e. The van der Waals surface area contributed by atoms with Crippen molar-refractivity contribution in [2.45, 2.75) is 51.0 Å². The van der Waals surface area contributed by atoms with E-state index >= 15 is 0 Å². The highest BCUT2D eigenvalue weighted by Crippen LogP contribution is 2.38. The van der Waals surface area contributed by atoms with E-state index in [1.54, 1.807) is 15.7 Å². The summed E-state index contributed by atoms with van der Waals surface area (Å²) in [6, 6.07) is 0.215. The first-order chi connectivity index (χ1) is 9.54. The third-order valence-electron chi connectivity index (χ3n) is 5.51. The average Bonchev–Trinajstić information content (AvgIpc) is 3.10. The molecule has 3 fully saturated rings. The van der Waals surface area contributed by atoms with Crippen LogP contribution in [0.4, 0.5) is 0 Å². The van der Waals surface area contributed by atoms with Crippen molar-refractivity contribution in [2.75, 3.05) is 33.2 Å². The quantitative estimate of drug-likeness (QED) is 0.851. The molecule has 2 heterocycles. The molecule has 1 spiro atoms. The molecule has 7 heteroatoms. The highest BCUT2D eigenvalue weighted by atomic mass is 35.5. The van der Waals surface area contributed by atoms with Gasteiger partial charge in [-0.25, -0.2) is 0 Å². The summed E-state index contributed by atoms with van der Waals surface area (Å²) in [5.74, 6) is 0. The lowest BCUT2D eigenvalue weighted by Crippen LogP contribution is -2.47. The molecule has 2 aliphatic heterocycles. The van der Waals surface area contributed by atoms with Crippen molar-refractivity contribution in [3.63, 3.8) is 0 Å². The van der Waals surface area contributed by atoms with E-state index in [1.165, 1.54) is 19.3 Å². The average molecular weight is 338 g/mol. The summed E-state index contributed by atoms with van der Waals surface area (Å²) >= 11 is 0. The Morgan fingerprint density at radius 1 is 1.19 bits per heavy atom. The Hall–Kier alpha value is 0.120. The Balaban J connectivity index is 0.00000161. The van der Waals surface area contributed by atoms with Gasteiger partial charge in [0.15, 0.2) is 0 Å². The number of rotatable bonds is 3. The summed E-state index contributed by atoms with van der Waals surface area (Å²) in [6.07, 6.45) is 7.76. The Labute approximate surface area is 135 Å². The topological polar surface area (TPSA) is 52.7 Å². The van der Waals surface area contributed by atoms with Crippen LogP contribution in [0.5, 0.6) is 0 Å². The van der Waals surface area contributed by atoms with Gasteiger partial charge in [0.1, 0.15) is 0 Å². The van der Waals surface area contributed by atoms with Crippen molar-refractivity contribution in [1.29, 1.82) is 0 Å². The second-order valence-corrected chi connectivity index (χ2v) is 8.81. The SMILES string of the molecule is CN(C1CCCCC1)S(=O)(=O)N1CCC2(CCNC2)C1.Cl. The van der Waals surface area contributed by atoms with Crippen LogP contribution in [-0.4, -0.2) is 56.3 Å². The number of nitrogens with one attached hydrogen (secondary N) is 1. The van der Waals surface area contributed by atoms with Crippen LogP contribution in [0.1, 0.15) is 44.9 Å². The maximum Gasteiger partial charge on any atom is 0.281 e. The number of nitrogens with zero attached hydrogens (tertiary/aromatic N) is 2. The van der Waals surface area contributed by atoms with Gasteiger partial charge < -0.3 is 5.32 Å². The van der Waals surface area contributed by atoms with Gasteiger partial charge in [0.05, 0.1) is 0 Å². The van der Waals surface area contributed by atoms with Gasteiger partial charge in [-0.2, -0.15) is 17.0 Å². The van der Waals surface area contributed by atoms with Gasteiger partial charge in [-0.05, 0) is 37.6 Å². The molecule has 21 heavy (non-hydrogen) atoms. The fourth-order valence-corrected chi connectivity index (χ4v) is 5.76. The number of halogens is 1. The number of hydrogen-bond acceptors (Lipinski definition) is 3. The molecule has 1 aliphatic carbocycles. The Bertz CT molecular complexity index is 445. The molecule has 2 saturated heterocycles. The Morgan fingerprint density at radius 3 is 2.52 bits per heavy atom. The molecule has 0 aromatic carbocycles. The summed E-state index contributed by atoms with van der Waals surface area (Å²) < 4.78 is 29.0. The van der Waals surface area contributed by atoms with Gasteiger partial charge in [0.2, 0.25) is 0 Å². The number of hydrogen-bond donors (Lipinski definition) is 1. The van der Waals surface area contributed by atoms with E-state index in [9.17, 15) is 8.42 Å². The second-order valence-electron chi connectivity index (χ2n) is 6.83. The van der Waals surface area contributed by atoms with Crippen LogP contribution < -0.4 is 5.32 Å². The lowest BCUT2D eigenvalue weighted by molar-refractivity contribution is 0.262. The molecule has 0 amide bonds. The summed E-state index contributed by atoms with van der Waals surface area (Å²) in [5, 5.41) is 3.38. The van der Waals surface area contributed by atoms with E-state index in [4.69, 9.17) is 0 Å². The van der Waals surface area contributed by atoms with Crippen LogP contribution in [0.25, 0.3) is 0 Å². The van der Waals surface area contributed by atoms with Gasteiger partial charge in [-0.1, -0.05) is 19.3 Å². The van der Waals surface area contributed by atoms with Crippen molar-refractivity contribution in [3.8, 4) is 0 Å². The molecule has 1 saturated carbocycles. The van der Waals surface area contributed by atoms with Crippen molar-refractivity contribution < 1.29 is 8.42 Å². The van der Waals surface area contributed by atoms with Crippen molar-refractivity contribution >= 4 is 22.6 Å². The van der Waals surface area contributed by atoms with Gasteiger partial charge in [0.25, 0.3) is 10.2 Å². The monoisotopic (exact) mass is 337 g/mol. The van der Waals surface area contributed by atoms with Crippen molar-refractivity contribution in [1.82, 2.24) is 13.9 Å². The predicted molar refractivity (Wildman–Crippen MR) is 86.9 cm³/mol. The molecule has 0 aromatic rings. The third kappa shape index (κ3) is 3.39. The zero-order chi connectivity index (χ0) is 14.2. The highest BCUT2D eigenvalue weighted by molar-refractivity contribution is 7.86. The minimum atomic E-state index is -3.26. The minimum absolute atomic E-state index is 0. The smallest absolute Gasteiger partial charge is 0.281 e. The largest absolute Gasteiger partial charge is 0.316 e. The van der Waals surface area contributed by atoms with Gasteiger partial charge in [0, 0.05) is 32.7 Å². The fourth-order valence-electron chi connectivity index (χ4n) is 4.05. The molecule has 0 aromatic heterocycles. The van der Waals surface area contributed by atoms with E-state index < -0.39 is 10.2 Å². The van der Waals surface area contributed by atoms with Crippen LogP contribution in [0, 0.1) is 5.41 Å². The summed E-state index contributed by atoms with van der Waals surface area (Å²) in [6.45, 7) is 3.42. The molecule has 3 rings (SSSR count). The summed E-state index contributed by atoms with van der Waals surface area (Å²) in [4.78, 5) is 0. The van der Waals surface area contributed by atoms with Gasteiger partial charge in [-0.15, -0.1) is 12.4 Å². The third-order valence-corrected chi connectivity index (χ3v) is 7.50. The van der Waals surface area contributed by atoms with Crippen LogP contribution in [0.15, 0.2) is 0 Å². The summed E-state index contributed by atoms with van der Waals surface area (Å²) in [7, 11) is -1.48. The van der Waals surface area contributed by atoms with Crippen molar-refractivity contribution in [2.24, 2.45) is 5.41 Å². The second kappa shape index (κ2) is 6.71. The first kappa shape index (κ1) is 17.5. The van der Waals surface area contributed by atoms with Crippen LogP contribution in [0.2, 0.25) is 0 Å². The van der Waals surface area contributed by atoms with Crippen molar-refractivity contribution in [3.05, 3.63) is 0 Å². The van der Waals surface area contributed by atoms with Crippen LogP contribution in [0.3, 0.4) is 0 Å². The Kier molecular flexibility index (Phi) is 5.58. The molecule has 3 aliphatic rings. The maximum atomic E-state index is 12.8. The maximum absolute atomic E-state index is 12.8. The molecule has 1 N–H and O–H groups in total.